The third-order valence-electron chi connectivity index (χ3n) is 6.67. The second-order valence-electron chi connectivity index (χ2n) is 9.20. The maximum Gasteiger partial charge on any atom is 0.321 e. The van der Waals surface area contributed by atoms with E-state index in [1.54, 1.807) is 7.11 Å². The van der Waals surface area contributed by atoms with Crippen molar-refractivity contribution in [1.82, 2.24) is 15.5 Å². The predicted octanol–water partition coefficient (Wildman–Crippen LogP) is 4.18. The number of guanidine groups is 1. The molecule has 2 amide bonds. The number of hydrogen-bond acceptors (Lipinski definition) is 4. The van der Waals surface area contributed by atoms with Crippen LogP contribution in [0, 0.1) is 12.8 Å². The number of fused-ring (bicyclic) bond motifs is 1. The highest BCUT2D eigenvalue weighted by Gasteiger charge is 2.20. The number of likely N-dealkylation sites (tertiary alicyclic amines) is 1. The van der Waals surface area contributed by atoms with Crippen molar-refractivity contribution in [3.05, 3.63) is 77.4 Å². The van der Waals surface area contributed by atoms with Gasteiger partial charge < -0.3 is 15.8 Å². The molecule has 4 rings (SSSR count). The molecular weight excluding hydrogens is 438 g/mol. The minimum Gasteiger partial charge on any atom is -0.496 e. The minimum atomic E-state index is -0.305. The number of ether oxygens (including phenoxy) is 1. The number of carbonyl (C=O) groups excluding carboxylic acids is 1. The van der Waals surface area contributed by atoms with Crippen LogP contribution in [0.5, 0.6) is 5.75 Å². The van der Waals surface area contributed by atoms with E-state index in [1.807, 2.05) is 30.3 Å². The first kappa shape index (κ1) is 24.5. The number of hydrogen-bond donors (Lipinski definition) is 3. The van der Waals surface area contributed by atoms with E-state index in [1.165, 1.54) is 5.56 Å². The van der Waals surface area contributed by atoms with Crippen molar-refractivity contribution in [1.29, 1.82) is 0 Å². The predicted molar refractivity (Wildman–Crippen MR) is 142 cm³/mol. The van der Waals surface area contributed by atoms with Crippen molar-refractivity contribution in [2.75, 3.05) is 26.7 Å². The maximum atomic E-state index is 12.3. The van der Waals surface area contributed by atoms with Crippen LogP contribution in [0.15, 0.2) is 65.7 Å². The molecule has 184 valence electrons. The highest BCUT2D eigenvalue weighted by molar-refractivity contribution is 5.95. The molecule has 3 aromatic carbocycles. The Morgan fingerprint density at radius 1 is 1.11 bits per heavy atom. The lowest BCUT2D eigenvalue weighted by Crippen LogP contribution is -2.46. The molecule has 3 aromatic rings. The van der Waals surface area contributed by atoms with Gasteiger partial charge in [0.2, 0.25) is 0 Å². The Morgan fingerprint density at radius 3 is 2.66 bits per heavy atom. The van der Waals surface area contributed by atoms with Gasteiger partial charge in [-0.05, 0) is 72.3 Å². The number of nitrogens with one attached hydrogen (secondary N) is 2. The van der Waals surface area contributed by atoms with E-state index in [2.05, 4.69) is 57.8 Å². The molecule has 7 heteroatoms. The number of rotatable bonds is 7. The summed E-state index contributed by atoms with van der Waals surface area (Å²) in [7, 11) is 1.70. The van der Waals surface area contributed by atoms with Gasteiger partial charge in [-0.2, -0.15) is 0 Å². The molecule has 35 heavy (non-hydrogen) atoms. The van der Waals surface area contributed by atoms with E-state index in [4.69, 9.17) is 10.5 Å². The number of nitrogens with zero attached hydrogens (tertiary/aromatic N) is 2. The highest BCUT2D eigenvalue weighted by atomic mass is 16.5. The van der Waals surface area contributed by atoms with Crippen LogP contribution in [0.1, 0.15) is 29.5 Å². The summed E-state index contributed by atoms with van der Waals surface area (Å²) in [6, 6.07) is 20.3. The average molecular weight is 474 g/mol. The Kier molecular flexibility index (Phi) is 8.21. The number of nitrogens with two attached hydrogens (primary N) is 1. The molecule has 0 bridgehead atoms. The molecule has 1 saturated heterocycles. The quantitative estimate of drug-likeness (QED) is 0.355. The van der Waals surface area contributed by atoms with E-state index in [0.717, 1.165) is 60.1 Å². The Bertz CT molecular complexity index is 1180. The van der Waals surface area contributed by atoms with Gasteiger partial charge in [0.15, 0.2) is 5.96 Å². The molecule has 1 aliphatic rings. The highest BCUT2D eigenvalue weighted by Crippen LogP contribution is 2.22. The first-order chi connectivity index (χ1) is 17.0. The van der Waals surface area contributed by atoms with Crippen LogP contribution in [0.3, 0.4) is 0 Å². The molecule has 0 spiro atoms. The first-order valence-electron chi connectivity index (χ1n) is 12.2. The van der Waals surface area contributed by atoms with Gasteiger partial charge in [-0.1, -0.05) is 54.6 Å². The van der Waals surface area contributed by atoms with Crippen LogP contribution in [-0.4, -0.2) is 43.6 Å². The largest absolute Gasteiger partial charge is 0.496 e. The van der Waals surface area contributed by atoms with Crippen molar-refractivity contribution in [3.63, 3.8) is 0 Å². The minimum absolute atomic E-state index is 0.125. The summed E-state index contributed by atoms with van der Waals surface area (Å²) in [5, 5.41) is 7.91. The Hall–Kier alpha value is -3.58. The lowest BCUT2D eigenvalue weighted by molar-refractivity contribution is 0.175. The van der Waals surface area contributed by atoms with Crippen LogP contribution in [0.25, 0.3) is 10.8 Å². The molecule has 0 aromatic heterocycles. The summed E-state index contributed by atoms with van der Waals surface area (Å²) in [4.78, 5) is 19.1. The molecule has 0 unspecified atom stereocenters. The van der Waals surface area contributed by atoms with Gasteiger partial charge in [-0.3, -0.25) is 10.2 Å². The zero-order chi connectivity index (χ0) is 24.6. The number of carbonyl (C=O) groups is 1. The average Bonchev–Trinajstić information content (AvgIpc) is 2.87. The van der Waals surface area contributed by atoms with E-state index >= 15 is 0 Å². The van der Waals surface area contributed by atoms with Gasteiger partial charge >= 0.3 is 6.03 Å². The molecule has 0 radical (unpaired) electrons. The number of methoxy groups -OCH3 is 1. The summed E-state index contributed by atoms with van der Waals surface area (Å²) in [5.74, 6) is 1.51. The van der Waals surface area contributed by atoms with Crippen LogP contribution in [0.4, 0.5) is 4.79 Å². The SMILES string of the molecule is COc1ccc(CN2CCC(CNC(=O)NC(N)=NCc3cccc4ccccc34)CC2)cc1C. The fraction of sp³-hybridized carbons (Fsp3) is 0.357. The second-order valence-corrected chi connectivity index (χ2v) is 9.20. The van der Waals surface area contributed by atoms with Gasteiger partial charge in [-0.15, -0.1) is 0 Å². The van der Waals surface area contributed by atoms with Gasteiger partial charge in [-0.25, -0.2) is 9.79 Å². The summed E-state index contributed by atoms with van der Waals surface area (Å²) >= 11 is 0. The van der Waals surface area contributed by atoms with Crippen LogP contribution in [-0.2, 0) is 13.1 Å². The van der Waals surface area contributed by atoms with E-state index in [0.29, 0.717) is 19.0 Å². The molecule has 1 heterocycles. The van der Waals surface area contributed by atoms with Crippen molar-refractivity contribution in [2.45, 2.75) is 32.9 Å². The molecule has 7 nitrogen and oxygen atoms in total. The van der Waals surface area contributed by atoms with E-state index in [9.17, 15) is 4.79 Å². The maximum absolute atomic E-state index is 12.3. The molecular formula is C28H35N5O2. The summed E-state index contributed by atoms with van der Waals surface area (Å²) in [5.41, 5.74) is 9.50. The molecule has 1 fully saturated rings. The molecule has 4 N–H and O–H groups in total. The normalized spacial score (nSPS) is 15.2. The fourth-order valence-electron chi connectivity index (χ4n) is 4.68. The van der Waals surface area contributed by atoms with Gasteiger partial charge in [0.05, 0.1) is 13.7 Å². The van der Waals surface area contributed by atoms with Crippen molar-refractivity contribution in [3.8, 4) is 5.75 Å². The van der Waals surface area contributed by atoms with Crippen molar-refractivity contribution >= 4 is 22.8 Å². The third-order valence-corrected chi connectivity index (χ3v) is 6.67. The van der Waals surface area contributed by atoms with Crippen LogP contribution in [0.2, 0.25) is 0 Å². The summed E-state index contributed by atoms with van der Waals surface area (Å²) in [6.45, 7) is 6.11. The molecule has 1 aliphatic heterocycles. The van der Waals surface area contributed by atoms with E-state index in [-0.39, 0.29) is 12.0 Å². The monoisotopic (exact) mass is 473 g/mol. The Morgan fingerprint density at radius 2 is 1.89 bits per heavy atom. The number of piperidine rings is 1. The van der Waals surface area contributed by atoms with Crippen molar-refractivity contribution < 1.29 is 9.53 Å². The van der Waals surface area contributed by atoms with Gasteiger partial charge in [0.1, 0.15) is 5.75 Å². The zero-order valence-electron chi connectivity index (χ0n) is 20.6. The first-order valence-corrected chi connectivity index (χ1v) is 12.2. The molecule has 0 aliphatic carbocycles. The number of benzene rings is 3. The Labute approximate surface area is 207 Å². The number of urea groups is 1. The third kappa shape index (κ3) is 6.73. The number of aryl methyl sites for hydroxylation is 1. The van der Waals surface area contributed by atoms with Crippen LogP contribution >= 0.6 is 0 Å². The van der Waals surface area contributed by atoms with E-state index < -0.39 is 0 Å². The lowest BCUT2D eigenvalue weighted by Gasteiger charge is -2.32. The molecule has 0 atom stereocenters. The molecule has 0 saturated carbocycles. The number of amides is 2. The van der Waals surface area contributed by atoms with Gasteiger partial charge in [0.25, 0.3) is 0 Å². The standard InChI is InChI=1S/C28H35N5O2/c1-20-16-22(10-11-26(20)35-2)19-33-14-12-21(13-15-33)17-31-28(34)32-27(29)30-18-24-8-5-7-23-6-3-4-9-25(23)24/h3-11,16,21H,12-15,17-19H2,1-2H3,(H4,29,30,31,32,34). The lowest BCUT2D eigenvalue weighted by atomic mass is 9.96. The topological polar surface area (TPSA) is 92.0 Å². The Balaban J connectivity index is 1.18. The smallest absolute Gasteiger partial charge is 0.321 e. The summed E-state index contributed by atoms with van der Waals surface area (Å²) in [6.07, 6.45) is 2.11. The van der Waals surface area contributed by atoms with Crippen LogP contribution < -0.4 is 21.1 Å². The number of aliphatic imine (C=N–C) groups is 1. The summed E-state index contributed by atoms with van der Waals surface area (Å²) < 4.78 is 5.35. The fourth-order valence-corrected chi connectivity index (χ4v) is 4.68. The van der Waals surface area contributed by atoms with Gasteiger partial charge in [0, 0.05) is 13.1 Å². The van der Waals surface area contributed by atoms with Crippen molar-refractivity contribution in [2.24, 2.45) is 16.6 Å². The zero-order valence-corrected chi connectivity index (χ0v) is 20.6. The second kappa shape index (κ2) is 11.7.